The first kappa shape index (κ1) is 59.6. The maximum Gasteiger partial charge on any atom is 0.460 e. The van der Waals surface area contributed by atoms with Crippen molar-refractivity contribution in [1.29, 1.82) is 0 Å². The normalized spacial score (nSPS) is 15.1. The van der Waals surface area contributed by atoms with E-state index < -0.39 is 134 Å². The maximum atomic E-state index is 15.0. The summed E-state index contributed by atoms with van der Waals surface area (Å²) in [6.07, 6.45) is -13.2. The van der Waals surface area contributed by atoms with Gasteiger partial charge in [0.2, 0.25) is 0 Å². The number of ether oxygens (including phenoxy) is 4. The number of rotatable bonds is 24. The van der Waals surface area contributed by atoms with Gasteiger partial charge < -0.3 is 23.4 Å². The molecule has 0 aliphatic rings. The first-order chi connectivity index (χ1) is 30.8. The maximum absolute atomic E-state index is 15.0. The number of anilines is 1. The van der Waals surface area contributed by atoms with Gasteiger partial charge in [0.15, 0.2) is 14.4 Å². The van der Waals surface area contributed by atoms with Crippen LogP contribution in [-0.2, 0) is 23.4 Å². The molecule has 8 nitrogen and oxygen atoms in total. The van der Waals surface area contributed by atoms with Crippen molar-refractivity contribution in [2.24, 2.45) is 0 Å². The number of methoxy groups -OCH3 is 1. The van der Waals surface area contributed by atoms with Gasteiger partial charge in [-0.1, -0.05) is 39.8 Å². The lowest BCUT2D eigenvalue weighted by atomic mass is 9.88. The summed E-state index contributed by atoms with van der Waals surface area (Å²) in [7, 11) is -2.91. The zero-order valence-corrected chi connectivity index (χ0v) is 37.5. The Morgan fingerprint density at radius 2 is 1.21 bits per heavy atom. The minimum absolute atomic E-state index is 0.00148. The molecule has 0 bridgehead atoms. The molecule has 1 N–H and O–H groups in total. The molecule has 2 aromatic carbocycles. The second-order valence-corrected chi connectivity index (χ2v) is 20.5. The highest BCUT2D eigenvalue weighted by Gasteiger charge is 2.95. The van der Waals surface area contributed by atoms with Gasteiger partial charge in [0.05, 0.1) is 18.9 Å². The number of esters is 1. The van der Waals surface area contributed by atoms with Gasteiger partial charge in [-0.15, -0.1) is 0 Å². The average molecular weight is 1040 g/mol. The van der Waals surface area contributed by atoms with Crippen LogP contribution < -0.4 is 10.1 Å². The molecule has 0 saturated carbocycles. The van der Waals surface area contributed by atoms with Crippen molar-refractivity contribution in [1.82, 2.24) is 0 Å². The van der Waals surface area contributed by atoms with Gasteiger partial charge in [0.1, 0.15) is 30.1 Å². The lowest BCUT2D eigenvalue weighted by molar-refractivity contribution is -0.461. The van der Waals surface area contributed by atoms with Crippen LogP contribution in [0.25, 0.3) is 0 Å². The Hall–Kier alpha value is -4.47. The number of nitrogens with one attached hydrogen (secondary N) is 1. The molecule has 1 amide bonds. The van der Waals surface area contributed by atoms with E-state index in [9.17, 15) is 84.2 Å². The number of benzene rings is 2. The average Bonchev–Trinajstić information content (AvgIpc) is 3.22. The number of alkyl halides is 17. The van der Waals surface area contributed by atoms with Crippen LogP contribution in [0.15, 0.2) is 54.1 Å². The molecule has 0 aliphatic carbocycles. The van der Waals surface area contributed by atoms with Crippen molar-refractivity contribution < 1.29 is 116 Å². The fourth-order valence-corrected chi connectivity index (χ4v) is 11.0. The van der Waals surface area contributed by atoms with Crippen LogP contribution in [0.4, 0.5) is 93.9 Å². The van der Waals surface area contributed by atoms with Crippen molar-refractivity contribution in [2.75, 3.05) is 32.2 Å². The molecule has 0 spiro atoms. The van der Waals surface area contributed by atoms with Crippen molar-refractivity contribution in [2.45, 2.75) is 125 Å². The monoisotopic (exact) mass is 1040 g/mol. The minimum Gasteiger partial charge on any atom is -0.491 e. The second-order valence-electron chi connectivity index (χ2n) is 15.5. The van der Waals surface area contributed by atoms with Crippen molar-refractivity contribution >= 4 is 26.1 Å². The molecule has 2 atom stereocenters. The van der Waals surface area contributed by atoms with Crippen molar-refractivity contribution in [3.05, 3.63) is 71.3 Å². The Morgan fingerprint density at radius 3 is 1.66 bits per heavy atom. The molecule has 388 valence electrons. The number of halogens is 19. The lowest BCUT2D eigenvalue weighted by Gasteiger charge is -2.44. The Morgan fingerprint density at radius 1 is 0.706 bits per heavy atom. The fraction of sp³-hybridized carbons (Fsp3) is 0.600. The molecule has 0 aromatic heterocycles. The molecule has 68 heavy (non-hydrogen) atoms. The third-order valence-electron chi connectivity index (χ3n) is 10.5. The van der Waals surface area contributed by atoms with Crippen LogP contribution >= 0.6 is 0 Å². The second kappa shape index (κ2) is 21.7. The van der Waals surface area contributed by atoms with Crippen LogP contribution in [0.3, 0.4) is 0 Å². The molecule has 0 unspecified atom stereocenters. The first-order valence-corrected chi connectivity index (χ1v) is 21.9. The predicted octanol–water partition coefficient (Wildman–Crippen LogP) is 13.3. The van der Waals surface area contributed by atoms with E-state index in [2.05, 4.69) is 5.32 Å². The third kappa shape index (κ3) is 11.9. The van der Waals surface area contributed by atoms with Gasteiger partial charge in [-0.25, -0.2) is 18.4 Å². The molecule has 0 radical (unpaired) electrons. The van der Waals surface area contributed by atoms with Crippen LogP contribution in [0.2, 0.25) is 17.1 Å². The highest BCUT2D eigenvalue weighted by atomic mass is 28.4. The van der Waals surface area contributed by atoms with E-state index in [1.807, 2.05) is 0 Å². The summed E-state index contributed by atoms with van der Waals surface area (Å²) in [5.74, 6) is -60.0. The Bertz CT molecular complexity index is 2040. The lowest BCUT2D eigenvalue weighted by Crippen LogP contribution is -2.74. The molecule has 2 rings (SSSR count). The van der Waals surface area contributed by atoms with Crippen LogP contribution in [0.5, 0.6) is 5.75 Å². The molecule has 2 aromatic rings. The molecular formula is C40H44F19NO7Si. The Labute approximate surface area is 376 Å². The van der Waals surface area contributed by atoms with E-state index in [1.54, 1.807) is 0 Å². The summed E-state index contributed by atoms with van der Waals surface area (Å²) in [6.45, 7) is 6.87. The zero-order valence-electron chi connectivity index (χ0n) is 36.5. The molecule has 28 heteroatoms. The topological polar surface area (TPSA) is 92.3 Å². The van der Waals surface area contributed by atoms with E-state index in [1.165, 1.54) is 79.0 Å². The predicted molar refractivity (Wildman–Crippen MR) is 204 cm³/mol. The van der Waals surface area contributed by atoms with Crippen LogP contribution in [0, 0.1) is 11.6 Å². The van der Waals surface area contributed by atoms with Gasteiger partial charge in [0, 0.05) is 25.2 Å². The number of amides is 1. The van der Waals surface area contributed by atoms with Crippen LogP contribution in [-0.4, -0.2) is 101 Å². The van der Waals surface area contributed by atoms with E-state index in [0.717, 1.165) is 12.1 Å². The van der Waals surface area contributed by atoms with E-state index in [-0.39, 0.29) is 23.5 Å². The fourth-order valence-electron chi connectivity index (χ4n) is 6.51. The number of hydrogen-bond donors (Lipinski definition) is 1. The zero-order chi connectivity index (χ0) is 52.9. The van der Waals surface area contributed by atoms with E-state index in [0.29, 0.717) is 6.07 Å². The molecule has 0 saturated heterocycles. The quantitative estimate of drug-likeness (QED) is 0.0368. The van der Waals surface area contributed by atoms with Crippen molar-refractivity contribution in [3.8, 4) is 5.75 Å². The number of hydrogen-bond acceptors (Lipinski definition) is 7. The standard InChI is InChI=1S/C40H44F19NO7Si/c1-8-64-31(61)23(6)19-29(63-7)30(67-32(62)60-28-14-11-25(41)20-27(28)42)24-9-12-26(13-10-24)65-16-17-66-68(21(2)3,22(4)5)18-15-33(43,44)34(45,46)35(47,48)36(49,50)37(51,52)38(53,54)39(55,56)40(57,58)59/h9-14,19-22,29-30H,8,15-18H2,1-7H3,(H,60,62)/b23-19+/t29-,30-/m1/s1. The number of carbonyl (C=O) groups excluding carboxylic acids is 2. The summed E-state index contributed by atoms with van der Waals surface area (Å²) in [6, 6.07) is 5.95. The van der Waals surface area contributed by atoms with Gasteiger partial charge in [-0.2, -0.15) is 74.6 Å². The summed E-state index contributed by atoms with van der Waals surface area (Å²) in [5, 5.41) is 2.09. The van der Waals surface area contributed by atoms with Gasteiger partial charge in [0.25, 0.3) is 0 Å². The van der Waals surface area contributed by atoms with Gasteiger partial charge >= 0.3 is 59.7 Å². The van der Waals surface area contributed by atoms with Gasteiger partial charge in [-0.3, -0.25) is 5.32 Å². The summed E-state index contributed by atoms with van der Waals surface area (Å²) in [5.41, 5.74) is -2.23. The van der Waals surface area contributed by atoms with Crippen LogP contribution in [0.1, 0.15) is 59.6 Å². The Balaban J connectivity index is 2.36. The molecule has 0 heterocycles. The molecular weight excluding hydrogens is 995 g/mol. The third-order valence-corrected chi connectivity index (χ3v) is 16.2. The smallest absolute Gasteiger partial charge is 0.460 e. The largest absolute Gasteiger partial charge is 0.491 e. The summed E-state index contributed by atoms with van der Waals surface area (Å²) in [4.78, 5) is 25.2. The first-order valence-electron chi connectivity index (χ1n) is 19.7. The van der Waals surface area contributed by atoms with Gasteiger partial charge in [-0.05, 0) is 66.9 Å². The van der Waals surface area contributed by atoms with E-state index in [4.69, 9.17) is 23.4 Å². The Kier molecular flexibility index (Phi) is 19.0. The number of carbonyl (C=O) groups is 2. The molecule has 0 fully saturated rings. The summed E-state index contributed by atoms with van der Waals surface area (Å²) >= 11 is 0. The highest BCUT2D eigenvalue weighted by Crippen LogP contribution is 2.64. The van der Waals surface area contributed by atoms with Crippen molar-refractivity contribution in [3.63, 3.8) is 0 Å². The molecule has 0 aliphatic heterocycles. The highest BCUT2D eigenvalue weighted by molar-refractivity contribution is 6.76. The minimum atomic E-state index is -8.73. The summed E-state index contributed by atoms with van der Waals surface area (Å²) < 4.78 is 291. The SMILES string of the molecule is CCOC(=O)/C(C)=C/[C@@H](OC)[C@H](OC(=O)Nc1ccc(F)cc1F)c1ccc(OCCO[Si](CCC(F)(F)C(F)(F)C(F)(F)C(F)(F)C(F)(F)C(F)(F)C(F)(F)C(F)(F)F)(C(C)C)C(C)C)cc1. The van der Waals surface area contributed by atoms with E-state index >= 15 is 8.78 Å².